The lowest BCUT2D eigenvalue weighted by molar-refractivity contribution is -0.128. The molecular formula is C27H27N3O2. The summed E-state index contributed by atoms with van der Waals surface area (Å²) < 4.78 is 8.31. The summed E-state index contributed by atoms with van der Waals surface area (Å²) in [6.07, 6.45) is 0.495. The summed E-state index contributed by atoms with van der Waals surface area (Å²) in [4.78, 5) is 19.7. The number of hydrogen-bond donors (Lipinski definition) is 0. The highest BCUT2D eigenvalue weighted by Crippen LogP contribution is 2.31. The van der Waals surface area contributed by atoms with Crippen LogP contribution in [0.1, 0.15) is 29.3 Å². The van der Waals surface area contributed by atoms with Crippen molar-refractivity contribution < 1.29 is 9.53 Å². The van der Waals surface area contributed by atoms with Crippen molar-refractivity contribution in [2.75, 3.05) is 13.2 Å². The van der Waals surface area contributed by atoms with Crippen LogP contribution in [-0.2, 0) is 17.9 Å². The van der Waals surface area contributed by atoms with Crippen LogP contribution < -0.4 is 4.74 Å². The molecule has 0 radical (unpaired) electrons. The lowest BCUT2D eigenvalue weighted by Crippen LogP contribution is -2.24. The molecular weight excluding hydrogens is 398 g/mol. The monoisotopic (exact) mass is 425 g/mol. The van der Waals surface area contributed by atoms with E-state index in [0.717, 1.165) is 33.7 Å². The molecule has 1 amide bonds. The van der Waals surface area contributed by atoms with E-state index in [0.29, 0.717) is 32.7 Å². The fraction of sp³-hybridized carbons (Fsp3) is 0.259. The summed E-state index contributed by atoms with van der Waals surface area (Å²) in [7, 11) is 0. The summed E-state index contributed by atoms with van der Waals surface area (Å²) in [5, 5.41) is 0. The number of carbonyl (C=O) groups excluding carboxylic acids is 1. The van der Waals surface area contributed by atoms with Gasteiger partial charge < -0.3 is 14.2 Å². The summed E-state index contributed by atoms with van der Waals surface area (Å²) in [5.74, 6) is 2.15. The van der Waals surface area contributed by atoms with Crippen molar-refractivity contribution in [3.05, 3.63) is 95.8 Å². The Labute approximate surface area is 188 Å². The van der Waals surface area contributed by atoms with Crippen LogP contribution in [0.15, 0.2) is 78.9 Å². The lowest BCUT2D eigenvalue weighted by Gasteiger charge is -2.18. The Balaban J connectivity index is 1.37. The molecule has 0 N–H and O–H groups in total. The molecule has 1 aliphatic heterocycles. The van der Waals surface area contributed by atoms with Crippen molar-refractivity contribution in [3.8, 4) is 5.75 Å². The maximum atomic E-state index is 12.8. The van der Waals surface area contributed by atoms with E-state index in [4.69, 9.17) is 9.72 Å². The molecule has 1 aliphatic rings. The Morgan fingerprint density at radius 3 is 2.56 bits per heavy atom. The molecule has 0 spiro atoms. The maximum Gasteiger partial charge on any atom is 0.223 e. The van der Waals surface area contributed by atoms with Gasteiger partial charge in [-0.25, -0.2) is 4.98 Å². The average molecular weight is 426 g/mol. The van der Waals surface area contributed by atoms with Crippen LogP contribution in [0.25, 0.3) is 11.0 Å². The largest absolute Gasteiger partial charge is 0.491 e. The van der Waals surface area contributed by atoms with Crippen LogP contribution >= 0.6 is 0 Å². The van der Waals surface area contributed by atoms with Gasteiger partial charge in [0.05, 0.1) is 17.6 Å². The van der Waals surface area contributed by atoms with Crippen molar-refractivity contribution in [2.45, 2.75) is 32.4 Å². The lowest BCUT2D eigenvalue weighted by atomic mass is 10.1. The number of nitrogens with zero attached hydrogens (tertiary/aromatic N) is 3. The standard InChI is InChI=1S/C27H27N3O2/c1-20-9-5-8-14-25(20)32-16-15-30-24-13-7-6-12-23(24)28-27(30)22-17-26(31)29(19-22)18-21-10-3-2-4-11-21/h2-14,22H,15-19H2,1H3/t22-/m0/s1. The van der Waals surface area contributed by atoms with Gasteiger partial charge in [0.1, 0.15) is 18.2 Å². The molecule has 2 heterocycles. The molecule has 5 rings (SSSR count). The molecule has 5 nitrogen and oxygen atoms in total. The number of benzene rings is 3. The zero-order valence-corrected chi connectivity index (χ0v) is 18.3. The highest BCUT2D eigenvalue weighted by Gasteiger charge is 2.33. The number of para-hydroxylation sites is 3. The highest BCUT2D eigenvalue weighted by atomic mass is 16.5. The fourth-order valence-electron chi connectivity index (χ4n) is 4.51. The van der Waals surface area contributed by atoms with Crippen LogP contribution in [-0.4, -0.2) is 33.5 Å². The van der Waals surface area contributed by atoms with E-state index in [1.165, 1.54) is 0 Å². The number of carbonyl (C=O) groups is 1. The first-order valence-corrected chi connectivity index (χ1v) is 11.1. The molecule has 3 aromatic carbocycles. The molecule has 1 saturated heterocycles. The molecule has 1 atom stereocenters. The van der Waals surface area contributed by atoms with Crippen molar-refractivity contribution in [1.82, 2.24) is 14.5 Å². The number of likely N-dealkylation sites (tertiary alicyclic amines) is 1. The van der Waals surface area contributed by atoms with Gasteiger partial charge in [0.25, 0.3) is 0 Å². The minimum Gasteiger partial charge on any atom is -0.491 e. The molecule has 0 unspecified atom stereocenters. The predicted octanol–water partition coefficient (Wildman–Crippen LogP) is 4.94. The van der Waals surface area contributed by atoms with Gasteiger partial charge in [-0.15, -0.1) is 0 Å². The van der Waals surface area contributed by atoms with Gasteiger partial charge in [0.2, 0.25) is 5.91 Å². The van der Waals surface area contributed by atoms with E-state index < -0.39 is 0 Å². The Morgan fingerprint density at radius 2 is 1.72 bits per heavy atom. The smallest absolute Gasteiger partial charge is 0.223 e. The second-order valence-corrected chi connectivity index (χ2v) is 8.39. The Morgan fingerprint density at radius 1 is 0.969 bits per heavy atom. The quantitative estimate of drug-likeness (QED) is 0.421. The van der Waals surface area contributed by atoms with Crippen LogP contribution in [0.3, 0.4) is 0 Å². The number of ether oxygens (including phenoxy) is 1. The second kappa shape index (κ2) is 8.87. The molecule has 1 fully saturated rings. The van der Waals surface area contributed by atoms with Gasteiger partial charge in [-0.3, -0.25) is 4.79 Å². The molecule has 0 bridgehead atoms. The average Bonchev–Trinajstić information content (AvgIpc) is 3.36. The van der Waals surface area contributed by atoms with E-state index in [1.54, 1.807) is 0 Å². The van der Waals surface area contributed by atoms with Crippen LogP contribution in [0.4, 0.5) is 0 Å². The molecule has 0 saturated carbocycles. The minimum atomic E-state index is 0.0806. The molecule has 32 heavy (non-hydrogen) atoms. The van der Waals surface area contributed by atoms with Crippen LogP contribution in [0.2, 0.25) is 0 Å². The minimum absolute atomic E-state index is 0.0806. The number of imidazole rings is 1. The van der Waals surface area contributed by atoms with Gasteiger partial charge in [-0.05, 0) is 36.2 Å². The first-order chi connectivity index (χ1) is 15.7. The Hall–Kier alpha value is -3.60. The topological polar surface area (TPSA) is 47.4 Å². The number of amides is 1. The van der Waals surface area contributed by atoms with E-state index in [1.807, 2.05) is 59.5 Å². The van der Waals surface area contributed by atoms with E-state index in [-0.39, 0.29) is 11.8 Å². The summed E-state index contributed by atoms with van der Waals surface area (Å²) >= 11 is 0. The normalized spacial score (nSPS) is 16.1. The van der Waals surface area contributed by atoms with Crippen molar-refractivity contribution in [1.29, 1.82) is 0 Å². The predicted molar refractivity (Wildman–Crippen MR) is 126 cm³/mol. The summed E-state index contributed by atoms with van der Waals surface area (Å²) in [6.45, 7) is 4.63. The second-order valence-electron chi connectivity index (χ2n) is 8.39. The molecule has 5 heteroatoms. The third-order valence-electron chi connectivity index (χ3n) is 6.15. The fourth-order valence-corrected chi connectivity index (χ4v) is 4.51. The number of hydrogen-bond acceptors (Lipinski definition) is 3. The van der Waals surface area contributed by atoms with Gasteiger partial charge in [-0.1, -0.05) is 60.7 Å². The highest BCUT2D eigenvalue weighted by molar-refractivity contribution is 5.81. The zero-order valence-electron chi connectivity index (χ0n) is 18.3. The van der Waals surface area contributed by atoms with Gasteiger partial charge in [0, 0.05) is 25.4 Å². The summed E-state index contributed by atoms with van der Waals surface area (Å²) in [6, 6.07) is 26.4. The molecule has 0 aliphatic carbocycles. The van der Waals surface area contributed by atoms with Gasteiger partial charge in [0.15, 0.2) is 0 Å². The van der Waals surface area contributed by atoms with Crippen LogP contribution in [0, 0.1) is 6.92 Å². The third-order valence-corrected chi connectivity index (χ3v) is 6.15. The number of fused-ring (bicyclic) bond motifs is 1. The van der Waals surface area contributed by atoms with Crippen molar-refractivity contribution in [2.24, 2.45) is 0 Å². The van der Waals surface area contributed by atoms with E-state index in [2.05, 4.69) is 35.8 Å². The third kappa shape index (κ3) is 4.11. The van der Waals surface area contributed by atoms with Gasteiger partial charge >= 0.3 is 0 Å². The Bertz CT molecular complexity index is 1230. The number of aromatic nitrogens is 2. The van der Waals surface area contributed by atoms with Crippen LogP contribution in [0.5, 0.6) is 5.75 Å². The molecule has 1 aromatic heterocycles. The molecule has 162 valence electrons. The first kappa shape index (κ1) is 20.3. The maximum absolute atomic E-state index is 12.8. The Kier molecular flexibility index (Phi) is 5.63. The first-order valence-electron chi connectivity index (χ1n) is 11.1. The van der Waals surface area contributed by atoms with Crippen molar-refractivity contribution >= 4 is 16.9 Å². The molecule has 4 aromatic rings. The number of aryl methyl sites for hydroxylation is 1. The van der Waals surface area contributed by atoms with Gasteiger partial charge in [-0.2, -0.15) is 0 Å². The SMILES string of the molecule is Cc1ccccc1OCCn1c([C@H]2CC(=O)N(Cc3ccccc3)C2)nc2ccccc21. The van der Waals surface area contributed by atoms with Crippen molar-refractivity contribution in [3.63, 3.8) is 0 Å². The zero-order chi connectivity index (χ0) is 21.9. The number of rotatable bonds is 7. The van der Waals surface area contributed by atoms with E-state index >= 15 is 0 Å². The van der Waals surface area contributed by atoms with E-state index in [9.17, 15) is 4.79 Å². The summed E-state index contributed by atoms with van der Waals surface area (Å²) in [5.41, 5.74) is 4.33.